The molecule has 1 aromatic rings. The molecule has 0 atom stereocenters. The van der Waals surface area contributed by atoms with Gasteiger partial charge in [-0.2, -0.15) is 0 Å². The van der Waals surface area contributed by atoms with Gasteiger partial charge in [0.1, 0.15) is 5.75 Å². The number of nitrogens with one attached hydrogen (secondary N) is 1. The average molecular weight is 254 g/mol. The van der Waals surface area contributed by atoms with E-state index < -0.39 is 5.54 Å². The van der Waals surface area contributed by atoms with Crippen LogP contribution in [0.5, 0.6) is 5.75 Å². The standard InChI is InChI=1S/C13H22N2O3/c1-3-6-18-12-7-10(4-5-11(12)14)15-13(2,8-16)9-17/h4-5,7,15-17H,3,6,8-9,14H2,1-2H3. The highest BCUT2D eigenvalue weighted by molar-refractivity contribution is 5.62. The molecular formula is C13H22N2O3. The third-order valence-corrected chi connectivity index (χ3v) is 2.62. The van der Waals surface area contributed by atoms with Crippen molar-refractivity contribution in [1.82, 2.24) is 0 Å². The first-order valence-corrected chi connectivity index (χ1v) is 6.07. The number of anilines is 2. The van der Waals surface area contributed by atoms with Gasteiger partial charge in [0.05, 0.1) is 31.0 Å². The number of aliphatic hydroxyl groups excluding tert-OH is 2. The van der Waals surface area contributed by atoms with Crippen molar-refractivity contribution in [3.05, 3.63) is 18.2 Å². The van der Waals surface area contributed by atoms with Gasteiger partial charge in [-0.3, -0.25) is 0 Å². The van der Waals surface area contributed by atoms with Gasteiger partial charge in [-0.1, -0.05) is 6.92 Å². The molecular weight excluding hydrogens is 232 g/mol. The lowest BCUT2D eigenvalue weighted by Crippen LogP contribution is -2.42. The Morgan fingerprint density at radius 1 is 1.33 bits per heavy atom. The molecule has 0 unspecified atom stereocenters. The molecule has 5 heteroatoms. The summed E-state index contributed by atoms with van der Waals surface area (Å²) in [5, 5.41) is 21.5. The highest BCUT2D eigenvalue weighted by Crippen LogP contribution is 2.27. The molecule has 5 nitrogen and oxygen atoms in total. The monoisotopic (exact) mass is 254 g/mol. The van der Waals surface area contributed by atoms with E-state index in [0.717, 1.165) is 12.1 Å². The summed E-state index contributed by atoms with van der Waals surface area (Å²) in [5.41, 5.74) is 6.37. The molecule has 0 saturated carbocycles. The number of hydrogen-bond donors (Lipinski definition) is 4. The zero-order chi connectivity index (χ0) is 13.6. The van der Waals surface area contributed by atoms with Gasteiger partial charge in [0.25, 0.3) is 0 Å². The first kappa shape index (κ1) is 14.6. The average Bonchev–Trinajstić information content (AvgIpc) is 2.39. The molecule has 0 aliphatic rings. The van der Waals surface area contributed by atoms with Crippen LogP contribution < -0.4 is 15.8 Å². The molecule has 0 bridgehead atoms. The topological polar surface area (TPSA) is 87.7 Å². The van der Waals surface area contributed by atoms with Crippen LogP contribution in [0.4, 0.5) is 11.4 Å². The number of ether oxygens (including phenoxy) is 1. The highest BCUT2D eigenvalue weighted by atomic mass is 16.5. The predicted molar refractivity (Wildman–Crippen MR) is 72.8 cm³/mol. The summed E-state index contributed by atoms with van der Waals surface area (Å²) < 4.78 is 5.52. The number of rotatable bonds is 7. The smallest absolute Gasteiger partial charge is 0.144 e. The molecule has 0 saturated heterocycles. The first-order chi connectivity index (χ1) is 8.54. The van der Waals surface area contributed by atoms with Crippen LogP contribution in [0.3, 0.4) is 0 Å². The Hall–Kier alpha value is -1.46. The summed E-state index contributed by atoms with van der Waals surface area (Å²) in [7, 11) is 0. The first-order valence-electron chi connectivity index (χ1n) is 6.07. The van der Waals surface area contributed by atoms with Crippen molar-refractivity contribution in [2.24, 2.45) is 0 Å². The van der Waals surface area contributed by atoms with Crippen LogP contribution in [0.2, 0.25) is 0 Å². The lowest BCUT2D eigenvalue weighted by atomic mass is 10.0. The summed E-state index contributed by atoms with van der Waals surface area (Å²) in [6, 6.07) is 5.30. The minimum atomic E-state index is -0.766. The minimum absolute atomic E-state index is 0.168. The molecule has 0 aliphatic carbocycles. The van der Waals surface area contributed by atoms with Crippen LogP contribution in [0, 0.1) is 0 Å². The third-order valence-electron chi connectivity index (χ3n) is 2.62. The molecule has 1 aromatic carbocycles. The normalized spacial score (nSPS) is 11.3. The van der Waals surface area contributed by atoms with E-state index in [1.165, 1.54) is 0 Å². The third kappa shape index (κ3) is 3.78. The largest absolute Gasteiger partial charge is 0.491 e. The van der Waals surface area contributed by atoms with Gasteiger partial charge in [0.15, 0.2) is 0 Å². The maximum atomic E-state index is 9.23. The molecule has 0 aliphatic heterocycles. The van der Waals surface area contributed by atoms with E-state index in [2.05, 4.69) is 5.32 Å². The van der Waals surface area contributed by atoms with E-state index in [0.29, 0.717) is 18.0 Å². The Bertz CT molecular complexity index is 378. The summed E-state index contributed by atoms with van der Waals surface area (Å²) >= 11 is 0. The van der Waals surface area contributed by atoms with Crippen molar-refractivity contribution in [1.29, 1.82) is 0 Å². The number of nitrogen functional groups attached to an aromatic ring is 1. The van der Waals surface area contributed by atoms with E-state index in [9.17, 15) is 10.2 Å². The van der Waals surface area contributed by atoms with E-state index in [-0.39, 0.29) is 13.2 Å². The van der Waals surface area contributed by atoms with Crippen LogP contribution in [0.1, 0.15) is 20.3 Å². The van der Waals surface area contributed by atoms with Crippen molar-refractivity contribution >= 4 is 11.4 Å². The van der Waals surface area contributed by atoms with Gasteiger partial charge in [0.2, 0.25) is 0 Å². The van der Waals surface area contributed by atoms with Crippen LogP contribution in [-0.2, 0) is 0 Å². The van der Waals surface area contributed by atoms with Crippen LogP contribution in [-0.4, -0.2) is 35.6 Å². The predicted octanol–water partition coefficient (Wildman–Crippen LogP) is 1.21. The van der Waals surface area contributed by atoms with Crippen molar-refractivity contribution in [2.45, 2.75) is 25.8 Å². The molecule has 102 valence electrons. The molecule has 1 rings (SSSR count). The van der Waals surface area contributed by atoms with Gasteiger partial charge in [-0.05, 0) is 25.5 Å². The second-order valence-corrected chi connectivity index (χ2v) is 4.60. The molecule has 0 spiro atoms. The van der Waals surface area contributed by atoms with Gasteiger partial charge in [-0.15, -0.1) is 0 Å². The Morgan fingerprint density at radius 3 is 2.56 bits per heavy atom. The minimum Gasteiger partial charge on any atom is -0.491 e. The van der Waals surface area contributed by atoms with Crippen molar-refractivity contribution < 1.29 is 14.9 Å². The SMILES string of the molecule is CCCOc1cc(NC(C)(CO)CO)ccc1N. The van der Waals surface area contributed by atoms with Crippen molar-refractivity contribution in [2.75, 3.05) is 30.9 Å². The lowest BCUT2D eigenvalue weighted by Gasteiger charge is -2.27. The van der Waals surface area contributed by atoms with Gasteiger partial charge < -0.3 is 26.0 Å². The summed E-state index contributed by atoms with van der Waals surface area (Å²) in [5.74, 6) is 0.611. The van der Waals surface area contributed by atoms with Gasteiger partial charge in [-0.25, -0.2) is 0 Å². The van der Waals surface area contributed by atoms with Crippen molar-refractivity contribution in [3.8, 4) is 5.75 Å². The fourth-order valence-corrected chi connectivity index (χ4v) is 1.43. The van der Waals surface area contributed by atoms with E-state index in [1.54, 1.807) is 25.1 Å². The van der Waals surface area contributed by atoms with E-state index >= 15 is 0 Å². The highest BCUT2D eigenvalue weighted by Gasteiger charge is 2.22. The number of benzene rings is 1. The van der Waals surface area contributed by atoms with E-state index in [4.69, 9.17) is 10.5 Å². The Morgan fingerprint density at radius 2 is 2.00 bits per heavy atom. The summed E-state index contributed by atoms with van der Waals surface area (Å²) in [6.07, 6.45) is 0.905. The maximum Gasteiger partial charge on any atom is 0.144 e. The number of nitrogens with two attached hydrogens (primary N) is 1. The summed E-state index contributed by atoms with van der Waals surface area (Å²) in [4.78, 5) is 0. The van der Waals surface area contributed by atoms with Gasteiger partial charge >= 0.3 is 0 Å². The number of aliphatic hydroxyl groups is 2. The number of hydrogen-bond acceptors (Lipinski definition) is 5. The van der Waals surface area contributed by atoms with Crippen LogP contribution in [0.15, 0.2) is 18.2 Å². The quantitative estimate of drug-likeness (QED) is 0.549. The molecule has 0 radical (unpaired) electrons. The van der Waals surface area contributed by atoms with Crippen molar-refractivity contribution in [3.63, 3.8) is 0 Å². The summed E-state index contributed by atoms with van der Waals surface area (Å²) in [6.45, 7) is 4.02. The van der Waals surface area contributed by atoms with Crippen LogP contribution in [0.25, 0.3) is 0 Å². The molecule has 0 heterocycles. The second kappa shape index (κ2) is 6.47. The Labute approximate surface area is 108 Å². The zero-order valence-corrected chi connectivity index (χ0v) is 10.9. The molecule has 18 heavy (non-hydrogen) atoms. The van der Waals surface area contributed by atoms with E-state index in [1.807, 2.05) is 6.92 Å². The second-order valence-electron chi connectivity index (χ2n) is 4.60. The molecule has 5 N–H and O–H groups in total. The van der Waals surface area contributed by atoms with Gasteiger partial charge in [0, 0.05) is 11.8 Å². The fourth-order valence-electron chi connectivity index (χ4n) is 1.43. The Kier molecular flexibility index (Phi) is 5.25. The zero-order valence-electron chi connectivity index (χ0n) is 10.9. The molecule has 0 amide bonds. The molecule has 0 aromatic heterocycles. The lowest BCUT2D eigenvalue weighted by molar-refractivity contribution is 0.147. The van der Waals surface area contributed by atoms with Crippen LogP contribution >= 0.6 is 0 Å². The Balaban J connectivity index is 2.84. The maximum absolute atomic E-state index is 9.23. The fraction of sp³-hybridized carbons (Fsp3) is 0.538. The molecule has 0 fully saturated rings.